The molecule has 10 heteroatoms. The zero-order valence-corrected chi connectivity index (χ0v) is 20.1. The molecule has 0 radical (unpaired) electrons. The summed E-state index contributed by atoms with van der Waals surface area (Å²) in [5, 5.41) is 7.89. The number of nitrogens with one attached hydrogen (secondary N) is 2. The second-order valence-electron chi connectivity index (χ2n) is 8.16. The Bertz CT molecular complexity index is 1550. The van der Waals surface area contributed by atoms with Crippen molar-refractivity contribution in [3.63, 3.8) is 0 Å². The molecule has 3 aromatic heterocycles. The van der Waals surface area contributed by atoms with Crippen LogP contribution < -0.4 is 11.2 Å². The first kappa shape index (κ1) is 22.9. The number of aryl methyl sites for hydroxylation is 1. The normalized spacial score (nSPS) is 11.3. The van der Waals surface area contributed by atoms with Gasteiger partial charge in [0.2, 0.25) is 5.16 Å². The maximum atomic E-state index is 12.9. The van der Waals surface area contributed by atoms with Crippen LogP contribution in [0, 0.1) is 0 Å². The summed E-state index contributed by atoms with van der Waals surface area (Å²) >= 11 is 1.44. The molecule has 2 N–H and O–H groups in total. The number of hydrogen-bond donors (Lipinski definition) is 2. The number of H-pyrrole nitrogens is 2. The third-order valence-electron chi connectivity index (χ3n) is 5.73. The van der Waals surface area contributed by atoms with E-state index in [9.17, 15) is 9.59 Å². The highest BCUT2D eigenvalue weighted by Gasteiger charge is 2.19. The number of unbranched alkanes of at least 4 members (excludes halogenated alkanes) is 1. The molecule has 0 aliphatic rings. The van der Waals surface area contributed by atoms with E-state index in [4.69, 9.17) is 4.98 Å². The van der Waals surface area contributed by atoms with E-state index in [1.165, 1.54) is 16.3 Å². The van der Waals surface area contributed by atoms with Crippen LogP contribution in [0.25, 0.3) is 22.6 Å². The van der Waals surface area contributed by atoms with E-state index in [1.54, 1.807) is 0 Å². The monoisotopic (exact) mass is 487 g/mol. The summed E-state index contributed by atoms with van der Waals surface area (Å²) in [6.07, 6.45) is 1.86. The van der Waals surface area contributed by atoms with Crippen molar-refractivity contribution in [1.29, 1.82) is 0 Å². The summed E-state index contributed by atoms with van der Waals surface area (Å²) in [7, 11) is 0. The van der Waals surface area contributed by atoms with Crippen molar-refractivity contribution in [3.05, 3.63) is 92.9 Å². The number of thioether (sulfide) groups is 1. The SMILES string of the molecule is CCCCn1c(CSc2n[nH]c(-c3ccccc3)n2)nc2c1c(=O)[nH]c(=O)n2Cc1ccccc1. The van der Waals surface area contributed by atoms with Crippen LogP contribution in [-0.2, 0) is 18.8 Å². The van der Waals surface area contributed by atoms with Gasteiger partial charge in [-0.2, -0.15) is 0 Å². The molecule has 178 valence electrons. The number of imidazole rings is 1. The van der Waals surface area contributed by atoms with Gasteiger partial charge in [-0.15, -0.1) is 5.10 Å². The molecule has 35 heavy (non-hydrogen) atoms. The molecule has 0 aliphatic heterocycles. The first-order chi connectivity index (χ1) is 17.1. The molecule has 0 spiro atoms. The number of hydrogen-bond acceptors (Lipinski definition) is 6. The van der Waals surface area contributed by atoms with Crippen molar-refractivity contribution in [2.24, 2.45) is 0 Å². The zero-order chi connectivity index (χ0) is 24.2. The fraction of sp³-hybridized carbons (Fsp3) is 0.240. The van der Waals surface area contributed by atoms with Crippen LogP contribution in [0.15, 0.2) is 75.4 Å². The Labute approximate surface area is 205 Å². The molecule has 0 fully saturated rings. The summed E-state index contributed by atoms with van der Waals surface area (Å²) in [6.45, 7) is 3.06. The number of aromatic nitrogens is 7. The van der Waals surface area contributed by atoms with Gasteiger partial charge in [0.15, 0.2) is 17.0 Å². The number of rotatable bonds is 9. The van der Waals surface area contributed by atoms with Gasteiger partial charge in [-0.1, -0.05) is 85.8 Å². The van der Waals surface area contributed by atoms with Crippen molar-refractivity contribution >= 4 is 22.9 Å². The number of fused-ring (bicyclic) bond motifs is 1. The molecule has 3 heterocycles. The van der Waals surface area contributed by atoms with Gasteiger partial charge >= 0.3 is 5.69 Å². The third-order valence-corrected chi connectivity index (χ3v) is 6.57. The lowest BCUT2D eigenvalue weighted by Gasteiger charge is -2.08. The first-order valence-corrected chi connectivity index (χ1v) is 12.5. The largest absolute Gasteiger partial charge is 0.330 e. The predicted octanol–water partition coefficient (Wildman–Crippen LogP) is 3.81. The maximum absolute atomic E-state index is 12.9. The molecule has 9 nitrogen and oxygen atoms in total. The van der Waals surface area contributed by atoms with E-state index in [0.717, 1.165) is 24.0 Å². The predicted molar refractivity (Wildman–Crippen MR) is 136 cm³/mol. The molecule has 0 aliphatic carbocycles. The summed E-state index contributed by atoms with van der Waals surface area (Å²) in [4.78, 5) is 37.5. The Balaban J connectivity index is 1.50. The first-order valence-electron chi connectivity index (χ1n) is 11.5. The minimum Gasteiger partial charge on any atom is -0.321 e. The Morgan fingerprint density at radius 2 is 1.69 bits per heavy atom. The standard InChI is InChI=1S/C25H25N7O2S/c1-2-3-14-31-19(16-35-24-27-21(29-30-24)18-12-8-5-9-13-18)26-22-20(31)23(33)28-25(34)32(22)15-17-10-6-4-7-11-17/h4-13H,2-3,14-16H2,1H3,(H,27,29,30)(H,28,33,34). The molecular weight excluding hydrogens is 462 g/mol. The maximum Gasteiger partial charge on any atom is 0.330 e. The molecule has 5 aromatic rings. The molecule has 2 aromatic carbocycles. The van der Waals surface area contributed by atoms with Gasteiger partial charge in [0.25, 0.3) is 5.56 Å². The molecular formula is C25H25N7O2S. The molecule has 0 saturated carbocycles. The van der Waals surface area contributed by atoms with Crippen LogP contribution in [0.3, 0.4) is 0 Å². The van der Waals surface area contributed by atoms with Crippen molar-refractivity contribution in [2.75, 3.05) is 0 Å². The van der Waals surface area contributed by atoms with Gasteiger partial charge in [-0.3, -0.25) is 19.4 Å². The molecule has 0 saturated heterocycles. The highest BCUT2D eigenvalue weighted by molar-refractivity contribution is 7.98. The topological polar surface area (TPSA) is 114 Å². The van der Waals surface area contributed by atoms with E-state index in [2.05, 4.69) is 27.1 Å². The molecule has 0 unspecified atom stereocenters. The zero-order valence-electron chi connectivity index (χ0n) is 19.3. The van der Waals surface area contributed by atoms with E-state index in [-0.39, 0.29) is 0 Å². The Morgan fingerprint density at radius 1 is 0.943 bits per heavy atom. The molecule has 0 amide bonds. The van der Waals surface area contributed by atoms with Crippen LogP contribution in [0.4, 0.5) is 0 Å². The highest BCUT2D eigenvalue weighted by atomic mass is 32.2. The van der Waals surface area contributed by atoms with Gasteiger partial charge in [-0.05, 0) is 12.0 Å². The average Bonchev–Trinajstić information content (AvgIpc) is 3.50. The average molecular weight is 488 g/mol. The van der Waals surface area contributed by atoms with E-state index >= 15 is 0 Å². The second kappa shape index (κ2) is 10.1. The van der Waals surface area contributed by atoms with E-state index in [1.807, 2.05) is 65.2 Å². The van der Waals surface area contributed by atoms with Crippen LogP contribution in [0.1, 0.15) is 31.2 Å². The van der Waals surface area contributed by atoms with Gasteiger partial charge in [-0.25, -0.2) is 14.8 Å². The fourth-order valence-corrected chi connectivity index (χ4v) is 4.71. The summed E-state index contributed by atoms with van der Waals surface area (Å²) < 4.78 is 3.46. The number of aromatic amines is 2. The van der Waals surface area contributed by atoms with Crippen molar-refractivity contribution in [2.45, 2.75) is 43.8 Å². The van der Waals surface area contributed by atoms with Crippen molar-refractivity contribution < 1.29 is 0 Å². The Morgan fingerprint density at radius 3 is 2.43 bits per heavy atom. The summed E-state index contributed by atoms with van der Waals surface area (Å²) in [6, 6.07) is 19.5. The lowest BCUT2D eigenvalue weighted by Crippen LogP contribution is -2.31. The molecule has 0 bridgehead atoms. The Hall–Kier alpha value is -3.92. The number of benzene rings is 2. The second-order valence-corrected chi connectivity index (χ2v) is 9.10. The summed E-state index contributed by atoms with van der Waals surface area (Å²) in [5.74, 6) is 1.87. The number of nitrogens with zero attached hydrogens (tertiary/aromatic N) is 5. The van der Waals surface area contributed by atoms with Gasteiger partial charge < -0.3 is 4.57 Å². The minimum absolute atomic E-state index is 0.325. The lowest BCUT2D eigenvalue weighted by atomic mass is 10.2. The van der Waals surface area contributed by atoms with Gasteiger partial charge in [0.1, 0.15) is 5.82 Å². The van der Waals surface area contributed by atoms with Gasteiger partial charge in [0, 0.05) is 12.1 Å². The minimum atomic E-state index is -0.466. The van der Waals surface area contributed by atoms with Crippen molar-refractivity contribution in [3.8, 4) is 11.4 Å². The summed E-state index contributed by atoms with van der Waals surface area (Å²) in [5.41, 5.74) is 1.85. The lowest BCUT2D eigenvalue weighted by molar-refractivity contribution is 0.626. The van der Waals surface area contributed by atoms with Crippen molar-refractivity contribution in [1.82, 2.24) is 34.3 Å². The third kappa shape index (κ3) is 4.83. The fourth-order valence-electron chi connectivity index (χ4n) is 3.96. The van der Waals surface area contributed by atoms with Crippen LogP contribution in [0.2, 0.25) is 0 Å². The van der Waals surface area contributed by atoms with E-state index < -0.39 is 11.2 Å². The quantitative estimate of drug-likeness (QED) is 0.306. The van der Waals surface area contributed by atoms with Gasteiger partial charge in [0.05, 0.1) is 12.3 Å². The Kier molecular flexibility index (Phi) is 6.62. The molecule has 5 rings (SSSR count). The smallest absolute Gasteiger partial charge is 0.321 e. The molecule has 0 atom stereocenters. The highest BCUT2D eigenvalue weighted by Crippen LogP contribution is 2.24. The van der Waals surface area contributed by atoms with Crippen LogP contribution in [0.5, 0.6) is 0 Å². The van der Waals surface area contributed by atoms with Crippen LogP contribution >= 0.6 is 11.8 Å². The van der Waals surface area contributed by atoms with Crippen LogP contribution in [-0.4, -0.2) is 34.3 Å². The van der Waals surface area contributed by atoms with E-state index in [0.29, 0.717) is 46.8 Å².